The van der Waals surface area contributed by atoms with E-state index in [1.54, 1.807) is 0 Å². The van der Waals surface area contributed by atoms with Crippen molar-refractivity contribution in [3.63, 3.8) is 0 Å². The first kappa shape index (κ1) is 51.9. The van der Waals surface area contributed by atoms with Crippen LogP contribution in [-0.2, 0) is 69.9 Å². The molecule has 0 heterocycles. The minimum absolute atomic E-state index is 0.508. The highest BCUT2D eigenvalue weighted by atomic mass is 16.6. The lowest BCUT2D eigenvalue weighted by Gasteiger charge is -2.09. The molecule has 0 N–H and O–H groups in total. The molecular weight excluding hydrogens is 748 g/mol. The molecule has 0 aliphatic carbocycles. The molecule has 0 saturated carbocycles. The van der Waals surface area contributed by atoms with Crippen molar-refractivity contribution in [2.75, 3.05) is 159 Å². The maximum atomic E-state index is 5.78. The van der Waals surface area contributed by atoms with Crippen LogP contribution in [0.25, 0.3) is 0 Å². The van der Waals surface area contributed by atoms with E-state index in [0.717, 1.165) is 17.7 Å². The van der Waals surface area contributed by atoms with E-state index in [2.05, 4.69) is 31.2 Å². The number of aryl methyl sites for hydroxylation is 1. The number of hydrogen-bond acceptors (Lipinski definition) is 13. The van der Waals surface area contributed by atoms with Crippen molar-refractivity contribution >= 4 is 0 Å². The van der Waals surface area contributed by atoms with E-state index >= 15 is 0 Å². The average molecular weight is 825 g/mol. The standard InChI is InChI=1S/C45H76O13/c1-2-3-4-5-6-8-11-43-14-16-45(17-15-43)58-41-40-56-37-36-54-33-32-52-29-28-50-25-24-48-21-20-46-18-19-47-22-23-49-26-27-51-30-31-53-34-35-55-38-39-57-42-44-12-9-7-10-13-44/h7,9-10,12-17H,2-6,8,11,18-42H2,1H3. The molecule has 0 aliphatic rings. The highest BCUT2D eigenvalue weighted by Crippen LogP contribution is 2.15. The Labute approximate surface area is 349 Å². The fourth-order valence-electron chi connectivity index (χ4n) is 5.26. The van der Waals surface area contributed by atoms with Gasteiger partial charge in [0.15, 0.2) is 0 Å². The number of benzene rings is 2. The van der Waals surface area contributed by atoms with Gasteiger partial charge in [0.1, 0.15) is 12.4 Å². The minimum Gasteiger partial charge on any atom is -0.491 e. The van der Waals surface area contributed by atoms with E-state index in [-0.39, 0.29) is 0 Å². The van der Waals surface area contributed by atoms with Crippen LogP contribution in [0.1, 0.15) is 56.6 Å². The van der Waals surface area contributed by atoms with Crippen LogP contribution in [0.15, 0.2) is 54.6 Å². The fourth-order valence-corrected chi connectivity index (χ4v) is 5.26. The van der Waals surface area contributed by atoms with Crippen LogP contribution in [0.3, 0.4) is 0 Å². The first-order valence-corrected chi connectivity index (χ1v) is 21.6. The number of ether oxygens (including phenoxy) is 13. The Bertz CT molecular complexity index is 1080. The van der Waals surface area contributed by atoms with E-state index < -0.39 is 0 Å². The van der Waals surface area contributed by atoms with Crippen molar-refractivity contribution in [1.29, 1.82) is 0 Å². The van der Waals surface area contributed by atoms with Gasteiger partial charge in [0.2, 0.25) is 0 Å². The third-order valence-corrected chi connectivity index (χ3v) is 8.44. The first-order chi connectivity index (χ1) is 28.9. The minimum atomic E-state index is 0.508. The normalized spacial score (nSPS) is 11.5. The lowest BCUT2D eigenvalue weighted by Crippen LogP contribution is -2.15. The molecule has 0 aromatic heterocycles. The molecule has 58 heavy (non-hydrogen) atoms. The van der Waals surface area contributed by atoms with Gasteiger partial charge in [0.25, 0.3) is 0 Å². The third kappa shape index (κ3) is 35.7. The molecule has 334 valence electrons. The maximum absolute atomic E-state index is 5.78. The molecule has 0 radical (unpaired) electrons. The van der Waals surface area contributed by atoms with E-state index in [1.807, 2.05) is 30.3 Å². The van der Waals surface area contributed by atoms with Crippen LogP contribution in [0.5, 0.6) is 5.75 Å². The quantitative estimate of drug-likeness (QED) is 0.0689. The molecule has 0 fully saturated rings. The average Bonchev–Trinajstić information content (AvgIpc) is 3.25. The van der Waals surface area contributed by atoms with Crippen LogP contribution in [0.4, 0.5) is 0 Å². The van der Waals surface area contributed by atoms with Crippen molar-refractivity contribution < 1.29 is 61.6 Å². The lowest BCUT2D eigenvalue weighted by molar-refractivity contribution is -0.0287. The summed E-state index contributed by atoms with van der Waals surface area (Å²) in [5.74, 6) is 0.884. The molecule has 2 aromatic carbocycles. The zero-order chi connectivity index (χ0) is 40.9. The highest BCUT2D eigenvalue weighted by molar-refractivity contribution is 5.27. The van der Waals surface area contributed by atoms with Crippen molar-refractivity contribution in [3.05, 3.63) is 65.7 Å². The smallest absolute Gasteiger partial charge is 0.119 e. The Morgan fingerprint density at radius 1 is 0.293 bits per heavy atom. The second-order valence-electron chi connectivity index (χ2n) is 13.3. The van der Waals surface area contributed by atoms with E-state index in [9.17, 15) is 0 Å². The summed E-state index contributed by atoms with van der Waals surface area (Å²) in [6.07, 6.45) is 9.08. The Morgan fingerprint density at radius 2 is 0.621 bits per heavy atom. The van der Waals surface area contributed by atoms with Gasteiger partial charge in [-0.3, -0.25) is 0 Å². The second kappa shape index (κ2) is 42.9. The van der Waals surface area contributed by atoms with Gasteiger partial charge in [-0.2, -0.15) is 0 Å². The molecule has 13 nitrogen and oxygen atoms in total. The largest absolute Gasteiger partial charge is 0.491 e. The van der Waals surface area contributed by atoms with Crippen LogP contribution < -0.4 is 4.74 Å². The van der Waals surface area contributed by atoms with Gasteiger partial charge in [-0.05, 0) is 36.1 Å². The monoisotopic (exact) mass is 825 g/mol. The van der Waals surface area contributed by atoms with Crippen molar-refractivity contribution in [2.24, 2.45) is 0 Å². The fraction of sp³-hybridized carbons (Fsp3) is 0.733. The topological polar surface area (TPSA) is 120 Å². The Morgan fingerprint density at radius 3 is 1.00 bits per heavy atom. The molecule has 0 unspecified atom stereocenters. The van der Waals surface area contributed by atoms with Crippen molar-refractivity contribution in [3.8, 4) is 5.75 Å². The van der Waals surface area contributed by atoms with Gasteiger partial charge < -0.3 is 61.6 Å². The van der Waals surface area contributed by atoms with Crippen LogP contribution >= 0.6 is 0 Å². The van der Waals surface area contributed by atoms with Gasteiger partial charge in [-0.15, -0.1) is 0 Å². The molecule has 2 rings (SSSR count). The summed E-state index contributed by atoms with van der Waals surface area (Å²) in [7, 11) is 0. The SMILES string of the molecule is CCCCCCCCc1ccc(OCCOCCOCCOCCOCCOCCOCCOCCOCCOCCOCCOCCOCc2ccccc2)cc1. The molecule has 13 heteroatoms. The van der Waals surface area contributed by atoms with E-state index in [4.69, 9.17) is 61.6 Å². The number of unbranched alkanes of at least 4 members (excludes halogenated alkanes) is 5. The molecule has 0 amide bonds. The third-order valence-electron chi connectivity index (χ3n) is 8.44. The summed E-state index contributed by atoms with van der Waals surface area (Å²) >= 11 is 0. The summed E-state index contributed by atoms with van der Waals surface area (Å²) < 4.78 is 72.1. The predicted molar refractivity (Wildman–Crippen MR) is 224 cm³/mol. The number of rotatable bonds is 46. The Hall–Kier alpha value is -2.24. The second-order valence-corrected chi connectivity index (χ2v) is 13.3. The van der Waals surface area contributed by atoms with Gasteiger partial charge in [0, 0.05) is 0 Å². The zero-order valence-electron chi connectivity index (χ0n) is 35.6. The summed E-state index contributed by atoms with van der Waals surface area (Å²) in [4.78, 5) is 0. The van der Waals surface area contributed by atoms with E-state index in [0.29, 0.717) is 165 Å². The molecule has 2 aromatic rings. The van der Waals surface area contributed by atoms with Gasteiger partial charge in [-0.1, -0.05) is 81.5 Å². The predicted octanol–water partition coefficient (Wildman–Crippen LogP) is 6.37. The Balaban J connectivity index is 1.15. The maximum Gasteiger partial charge on any atom is 0.119 e. The van der Waals surface area contributed by atoms with E-state index in [1.165, 1.54) is 44.1 Å². The summed E-state index contributed by atoms with van der Waals surface area (Å²) in [6, 6.07) is 18.5. The molecular formula is C45H76O13. The van der Waals surface area contributed by atoms with Gasteiger partial charge in [-0.25, -0.2) is 0 Å². The molecule has 0 aliphatic heterocycles. The first-order valence-electron chi connectivity index (χ1n) is 21.6. The molecule has 0 bridgehead atoms. The molecule has 0 atom stereocenters. The lowest BCUT2D eigenvalue weighted by atomic mass is 10.0. The number of hydrogen-bond donors (Lipinski definition) is 0. The van der Waals surface area contributed by atoms with Crippen molar-refractivity contribution in [2.45, 2.75) is 58.5 Å². The highest BCUT2D eigenvalue weighted by Gasteiger charge is 2.00. The van der Waals surface area contributed by atoms with Crippen LogP contribution in [-0.4, -0.2) is 159 Å². The Kier molecular flexibility index (Phi) is 38.4. The van der Waals surface area contributed by atoms with Gasteiger partial charge in [0.05, 0.1) is 159 Å². The molecule has 0 spiro atoms. The molecule has 0 saturated heterocycles. The van der Waals surface area contributed by atoms with Crippen molar-refractivity contribution in [1.82, 2.24) is 0 Å². The summed E-state index contributed by atoms with van der Waals surface area (Å²) in [6.45, 7) is 15.3. The van der Waals surface area contributed by atoms with Crippen LogP contribution in [0, 0.1) is 0 Å². The summed E-state index contributed by atoms with van der Waals surface area (Å²) in [5, 5.41) is 0. The summed E-state index contributed by atoms with van der Waals surface area (Å²) in [5.41, 5.74) is 2.54. The van der Waals surface area contributed by atoms with Gasteiger partial charge >= 0.3 is 0 Å². The zero-order valence-corrected chi connectivity index (χ0v) is 35.6. The van der Waals surface area contributed by atoms with Crippen LogP contribution in [0.2, 0.25) is 0 Å².